The van der Waals surface area contributed by atoms with Gasteiger partial charge in [-0.25, -0.2) is 0 Å². The maximum absolute atomic E-state index is 11.2. The molecular formula is C22H25NO4. The lowest BCUT2D eigenvalue weighted by atomic mass is 10.0. The summed E-state index contributed by atoms with van der Waals surface area (Å²) in [6, 6.07) is 16.2. The first-order valence-corrected chi connectivity index (χ1v) is 9.05. The van der Waals surface area contributed by atoms with Crippen LogP contribution in [0.25, 0.3) is 11.0 Å². The number of carbonyl (C=O) groups is 1. The number of nitrogens with one attached hydrogen (secondary N) is 1. The normalized spacial score (nSPS) is 12.1. The first kappa shape index (κ1) is 19.0. The number of carbonyl (C=O) groups excluding carboxylic acids is 1. The van der Waals surface area contributed by atoms with Crippen molar-refractivity contribution in [2.24, 2.45) is 0 Å². The van der Waals surface area contributed by atoms with Crippen LogP contribution in [0.4, 0.5) is 0 Å². The molecule has 5 heteroatoms. The van der Waals surface area contributed by atoms with Crippen LogP contribution in [0.2, 0.25) is 0 Å². The van der Waals surface area contributed by atoms with Gasteiger partial charge in [0.1, 0.15) is 17.1 Å². The standard InChI is InChI=1S/C22H25NO4/c1-15(23-16(2)24)21-13-19-9-6-18(12-22(19)27-21)5-4-17-7-10-20(11-8-17)26-14-25-3/h6-13,15H,4-5,14H2,1-3H3,(H,23,24). The van der Waals surface area contributed by atoms with Crippen LogP contribution in [0.5, 0.6) is 5.75 Å². The van der Waals surface area contributed by atoms with Gasteiger partial charge in [0.05, 0.1) is 6.04 Å². The van der Waals surface area contributed by atoms with Gasteiger partial charge in [-0.1, -0.05) is 24.3 Å². The predicted molar refractivity (Wildman–Crippen MR) is 105 cm³/mol. The predicted octanol–water partition coefficient (Wildman–Crippen LogP) is 4.40. The Morgan fingerprint density at radius 2 is 1.78 bits per heavy atom. The van der Waals surface area contributed by atoms with Gasteiger partial charge in [-0.3, -0.25) is 4.79 Å². The zero-order valence-corrected chi connectivity index (χ0v) is 16.0. The smallest absolute Gasteiger partial charge is 0.217 e. The van der Waals surface area contributed by atoms with Crippen molar-refractivity contribution in [1.29, 1.82) is 0 Å². The highest BCUT2D eigenvalue weighted by molar-refractivity contribution is 5.79. The molecule has 5 nitrogen and oxygen atoms in total. The van der Waals surface area contributed by atoms with Crippen molar-refractivity contribution in [1.82, 2.24) is 5.32 Å². The van der Waals surface area contributed by atoms with E-state index in [1.807, 2.05) is 25.1 Å². The molecule has 142 valence electrons. The first-order chi connectivity index (χ1) is 13.0. The molecule has 0 aliphatic rings. The third-order valence-electron chi connectivity index (χ3n) is 4.42. The number of ether oxygens (including phenoxy) is 2. The van der Waals surface area contributed by atoms with E-state index in [0.29, 0.717) is 0 Å². The summed E-state index contributed by atoms with van der Waals surface area (Å²) in [6.45, 7) is 3.68. The van der Waals surface area contributed by atoms with Crippen molar-refractivity contribution in [3.8, 4) is 5.75 Å². The maximum Gasteiger partial charge on any atom is 0.217 e. The van der Waals surface area contributed by atoms with Crippen LogP contribution in [0, 0.1) is 0 Å². The molecule has 0 fully saturated rings. The minimum Gasteiger partial charge on any atom is -0.468 e. The summed E-state index contributed by atoms with van der Waals surface area (Å²) in [6.07, 6.45) is 1.86. The van der Waals surface area contributed by atoms with Gasteiger partial charge in [0.25, 0.3) is 0 Å². The largest absolute Gasteiger partial charge is 0.468 e. The Hall–Kier alpha value is -2.79. The Balaban J connectivity index is 1.64. The van der Waals surface area contributed by atoms with Crippen LogP contribution in [0.3, 0.4) is 0 Å². The van der Waals surface area contributed by atoms with Crippen LogP contribution < -0.4 is 10.1 Å². The molecule has 1 unspecified atom stereocenters. The topological polar surface area (TPSA) is 60.7 Å². The molecule has 0 saturated carbocycles. The molecule has 0 saturated heterocycles. The number of furan rings is 1. The zero-order valence-electron chi connectivity index (χ0n) is 16.0. The highest BCUT2D eigenvalue weighted by Gasteiger charge is 2.12. The van der Waals surface area contributed by atoms with Crippen molar-refractivity contribution >= 4 is 16.9 Å². The third kappa shape index (κ3) is 5.11. The lowest BCUT2D eigenvalue weighted by molar-refractivity contribution is -0.119. The molecule has 0 bridgehead atoms. The van der Waals surface area contributed by atoms with Gasteiger partial charge in [-0.05, 0) is 55.2 Å². The fourth-order valence-electron chi connectivity index (χ4n) is 3.01. The van der Waals surface area contributed by atoms with Crippen molar-refractivity contribution in [3.05, 3.63) is 65.4 Å². The van der Waals surface area contributed by atoms with E-state index in [9.17, 15) is 4.79 Å². The number of hydrogen-bond acceptors (Lipinski definition) is 4. The molecular weight excluding hydrogens is 342 g/mol. The molecule has 1 amide bonds. The molecule has 3 aromatic rings. The highest BCUT2D eigenvalue weighted by Crippen LogP contribution is 2.25. The molecule has 1 aromatic heterocycles. The Kier molecular flexibility index (Phi) is 6.14. The van der Waals surface area contributed by atoms with Crippen molar-refractivity contribution < 1.29 is 18.7 Å². The van der Waals surface area contributed by atoms with Gasteiger partial charge >= 0.3 is 0 Å². The summed E-state index contributed by atoms with van der Waals surface area (Å²) in [4.78, 5) is 11.2. The van der Waals surface area contributed by atoms with Gasteiger partial charge < -0.3 is 19.2 Å². The third-order valence-corrected chi connectivity index (χ3v) is 4.42. The molecule has 0 aliphatic heterocycles. The van der Waals surface area contributed by atoms with Crippen LogP contribution in [-0.2, 0) is 22.4 Å². The fourth-order valence-corrected chi connectivity index (χ4v) is 3.01. The molecule has 1 N–H and O–H groups in total. The lowest BCUT2D eigenvalue weighted by Gasteiger charge is -2.08. The van der Waals surface area contributed by atoms with E-state index in [-0.39, 0.29) is 18.7 Å². The van der Waals surface area contributed by atoms with E-state index in [2.05, 4.69) is 35.6 Å². The maximum atomic E-state index is 11.2. The molecule has 0 radical (unpaired) electrons. The molecule has 1 heterocycles. The number of fused-ring (bicyclic) bond motifs is 1. The van der Waals surface area contributed by atoms with Gasteiger partial charge in [0.2, 0.25) is 5.91 Å². The van der Waals surface area contributed by atoms with Crippen LogP contribution in [0.15, 0.2) is 52.9 Å². The van der Waals surface area contributed by atoms with Gasteiger partial charge in [-0.15, -0.1) is 0 Å². The highest BCUT2D eigenvalue weighted by atomic mass is 16.7. The quantitative estimate of drug-likeness (QED) is 0.600. The summed E-state index contributed by atoms with van der Waals surface area (Å²) >= 11 is 0. The molecule has 0 aliphatic carbocycles. The van der Waals surface area contributed by atoms with Gasteiger partial charge in [0, 0.05) is 19.4 Å². The average Bonchev–Trinajstić information content (AvgIpc) is 3.08. The molecule has 2 aromatic carbocycles. The fraction of sp³-hybridized carbons (Fsp3) is 0.318. The monoisotopic (exact) mass is 367 g/mol. The summed E-state index contributed by atoms with van der Waals surface area (Å²) in [5.74, 6) is 1.50. The van der Waals surface area contributed by atoms with E-state index in [1.54, 1.807) is 7.11 Å². The average molecular weight is 367 g/mol. The minimum atomic E-state index is -0.141. The Labute approximate surface area is 159 Å². The first-order valence-electron chi connectivity index (χ1n) is 9.05. The second kappa shape index (κ2) is 8.73. The number of amides is 1. The van der Waals surface area contributed by atoms with Gasteiger partial charge in [0.15, 0.2) is 6.79 Å². The van der Waals surface area contributed by atoms with Crippen LogP contribution in [-0.4, -0.2) is 19.8 Å². The molecule has 0 spiro atoms. The SMILES string of the molecule is COCOc1ccc(CCc2ccc3cc(C(C)NC(C)=O)oc3c2)cc1. The lowest BCUT2D eigenvalue weighted by Crippen LogP contribution is -2.23. The number of aryl methyl sites for hydroxylation is 2. The van der Waals surface area contributed by atoms with E-state index >= 15 is 0 Å². The molecule has 1 atom stereocenters. The van der Waals surface area contributed by atoms with Crippen LogP contribution >= 0.6 is 0 Å². The Morgan fingerprint density at radius 3 is 2.48 bits per heavy atom. The summed E-state index contributed by atoms with van der Waals surface area (Å²) in [5, 5.41) is 3.89. The van der Waals surface area contributed by atoms with Crippen molar-refractivity contribution in [2.75, 3.05) is 13.9 Å². The minimum absolute atomic E-state index is 0.0673. The zero-order chi connectivity index (χ0) is 19.2. The number of methoxy groups -OCH3 is 1. The number of rotatable bonds is 8. The van der Waals surface area contributed by atoms with Crippen LogP contribution in [0.1, 0.15) is 36.8 Å². The summed E-state index contributed by atoms with van der Waals surface area (Å²) in [7, 11) is 1.60. The van der Waals surface area contributed by atoms with E-state index in [1.165, 1.54) is 18.1 Å². The number of benzene rings is 2. The van der Waals surface area contributed by atoms with Crippen molar-refractivity contribution in [2.45, 2.75) is 32.7 Å². The van der Waals surface area contributed by atoms with E-state index in [4.69, 9.17) is 13.9 Å². The second-order valence-corrected chi connectivity index (χ2v) is 6.64. The Morgan fingerprint density at radius 1 is 1.07 bits per heavy atom. The van der Waals surface area contributed by atoms with E-state index < -0.39 is 0 Å². The Bertz CT molecular complexity index is 898. The van der Waals surface area contributed by atoms with E-state index in [0.717, 1.165) is 35.3 Å². The number of hydrogen-bond donors (Lipinski definition) is 1. The molecule has 3 rings (SSSR count). The van der Waals surface area contributed by atoms with Crippen molar-refractivity contribution in [3.63, 3.8) is 0 Å². The van der Waals surface area contributed by atoms with Gasteiger partial charge in [-0.2, -0.15) is 0 Å². The summed E-state index contributed by atoms with van der Waals surface area (Å²) in [5.41, 5.74) is 3.32. The summed E-state index contributed by atoms with van der Waals surface area (Å²) < 4.78 is 16.2. The molecule has 27 heavy (non-hydrogen) atoms. The second-order valence-electron chi connectivity index (χ2n) is 6.64.